The summed E-state index contributed by atoms with van der Waals surface area (Å²) >= 11 is 0. The molecule has 0 heterocycles. The molecule has 1 aliphatic carbocycles. The molecule has 0 radical (unpaired) electrons. The van der Waals surface area contributed by atoms with Gasteiger partial charge in [0.05, 0.1) is 5.75 Å². The topological polar surface area (TPSA) is 34.1 Å². The average molecular weight is 292 g/mol. The first-order chi connectivity index (χ1) is 9.70. The molecule has 2 rings (SSSR count). The zero-order valence-corrected chi connectivity index (χ0v) is 13.1. The van der Waals surface area contributed by atoms with Gasteiger partial charge in [-0.2, -0.15) is 0 Å². The van der Waals surface area contributed by atoms with Crippen molar-refractivity contribution >= 4 is 16.6 Å². The Labute approximate surface area is 124 Å². The standard InChI is InChI=1S/C17H24O2S/c1-2-6-14-9-11-15(12-10-14)17(18)13-20(19)16-7-4-3-5-8-16/h9-12,16H,2-8,13H2,1H3. The molecule has 1 unspecified atom stereocenters. The van der Waals surface area contributed by atoms with E-state index in [1.165, 1.54) is 12.0 Å². The highest BCUT2D eigenvalue weighted by Crippen LogP contribution is 2.22. The van der Waals surface area contributed by atoms with Gasteiger partial charge in [0.2, 0.25) is 0 Å². The lowest BCUT2D eigenvalue weighted by atomic mass is 10.0. The minimum absolute atomic E-state index is 0.0250. The number of aryl methyl sites for hydroxylation is 1. The van der Waals surface area contributed by atoms with Crippen LogP contribution in [0.1, 0.15) is 61.4 Å². The van der Waals surface area contributed by atoms with Gasteiger partial charge in [0, 0.05) is 21.6 Å². The number of benzene rings is 1. The van der Waals surface area contributed by atoms with Gasteiger partial charge in [0.25, 0.3) is 0 Å². The number of carbonyl (C=O) groups excluding carboxylic acids is 1. The van der Waals surface area contributed by atoms with Crippen molar-refractivity contribution in [2.75, 3.05) is 5.75 Å². The van der Waals surface area contributed by atoms with Crippen LogP contribution in [-0.4, -0.2) is 21.0 Å². The summed E-state index contributed by atoms with van der Waals surface area (Å²) in [5.41, 5.74) is 1.96. The molecule has 0 N–H and O–H groups in total. The van der Waals surface area contributed by atoms with Gasteiger partial charge in [0.1, 0.15) is 0 Å². The van der Waals surface area contributed by atoms with Crippen molar-refractivity contribution in [2.24, 2.45) is 0 Å². The van der Waals surface area contributed by atoms with E-state index in [1.807, 2.05) is 24.3 Å². The highest BCUT2D eigenvalue weighted by atomic mass is 32.2. The summed E-state index contributed by atoms with van der Waals surface area (Å²) in [4.78, 5) is 12.2. The monoisotopic (exact) mass is 292 g/mol. The van der Waals surface area contributed by atoms with Crippen LogP contribution in [0.4, 0.5) is 0 Å². The Kier molecular flexibility index (Phi) is 5.96. The van der Waals surface area contributed by atoms with E-state index >= 15 is 0 Å². The average Bonchev–Trinajstić information content (AvgIpc) is 2.49. The molecule has 1 aliphatic rings. The molecule has 0 amide bonds. The first-order valence-electron chi connectivity index (χ1n) is 7.70. The van der Waals surface area contributed by atoms with Gasteiger partial charge in [-0.15, -0.1) is 0 Å². The third-order valence-electron chi connectivity index (χ3n) is 4.01. The van der Waals surface area contributed by atoms with Crippen LogP contribution in [-0.2, 0) is 17.2 Å². The number of ketones is 1. The summed E-state index contributed by atoms with van der Waals surface area (Å²) < 4.78 is 12.2. The molecular formula is C17H24O2S. The third kappa shape index (κ3) is 4.27. The Morgan fingerprint density at radius 2 is 1.80 bits per heavy atom. The molecule has 1 atom stereocenters. The quantitative estimate of drug-likeness (QED) is 0.745. The van der Waals surface area contributed by atoms with E-state index in [9.17, 15) is 9.00 Å². The van der Waals surface area contributed by atoms with Crippen molar-refractivity contribution < 1.29 is 9.00 Å². The summed E-state index contributed by atoms with van der Waals surface area (Å²) in [6, 6.07) is 7.79. The van der Waals surface area contributed by atoms with E-state index in [2.05, 4.69) is 6.92 Å². The predicted molar refractivity (Wildman–Crippen MR) is 84.6 cm³/mol. The normalized spacial score (nSPS) is 17.9. The summed E-state index contributed by atoms with van der Waals surface area (Å²) in [5.74, 6) is 0.217. The zero-order chi connectivity index (χ0) is 14.4. The van der Waals surface area contributed by atoms with E-state index in [1.54, 1.807) is 0 Å². The number of rotatable bonds is 6. The molecule has 20 heavy (non-hydrogen) atoms. The third-order valence-corrected chi connectivity index (χ3v) is 5.77. The molecule has 1 aromatic rings. The van der Waals surface area contributed by atoms with Crippen LogP contribution in [0.2, 0.25) is 0 Å². The molecule has 1 aromatic carbocycles. The van der Waals surface area contributed by atoms with Crippen LogP contribution in [0, 0.1) is 0 Å². The van der Waals surface area contributed by atoms with Crippen molar-refractivity contribution in [2.45, 2.75) is 57.1 Å². The van der Waals surface area contributed by atoms with E-state index in [0.717, 1.165) is 38.5 Å². The Morgan fingerprint density at radius 3 is 2.40 bits per heavy atom. The maximum atomic E-state index is 12.2. The lowest BCUT2D eigenvalue weighted by Gasteiger charge is -2.20. The van der Waals surface area contributed by atoms with Gasteiger partial charge < -0.3 is 0 Å². The van der Waals surface area contributed by atoms with Crippen LogP contribution >= 0.6 is 0 Å². The predicted octanol–water partition coefficient (Wildman–Crippen LogP) is 3.90. The van der Waals surface area contributed by atoms with Gasteiger partial charge in [-0.05, 0) is 24.8 Å². The van der Waals surface area contributed by atoms with Gasteiger partial charge >= 0.3 is 0 Å². The fourth-order valence-electron chi connectivity index (χ4n) is 2.80. The van der Waals surface area contributed by atoms with Crippen molar-refractivity contribution in [3.8, 4) is 0 Å². The van der Waals surface area contributed by atoms with E-state index in [0.29, 0.717) is 5.56 Å². The van der Waals surface area contributed by atoms with Crippen LogP contribution < -0.4 is 0 Å². The Hall–Kier alpha value is -0.960. The number of hydrogen-bond donors (Lipinski definition) is 0. The first-order valence-corrected chi connectivity index (χ1v) is 9.08. The second-order valence-corrected chi connectivity index (χ2v) is 7.37. The van der Waals surface area contributed by atoms with Crippen LogP contribution in [0.15, 0.2) is 24.3 Å². The first kappa shape index (κ1) is 15.4. The van der Waals surface area contributed by atoms with Gasteiger partial charge in [0.15, 0.2) is 5.78 Å². The summed E-state index contributed by atoms with van der Waals surface area (Å²) in [7, 11) is -0.995. The molecule has 1 saturated carbocycles. The fraction of sp³-hybridized carbons (Fsp3) is 0.588. The van der Waals surface area contributed by atoms with Crippen molar-refractivity contribution in [1.29, 1.82) is 0 Å². The molecule has 1 fully saturated rings. The summed E-state index contributed by atoms with van der Waals surface area (Å²) in [6.45, 7) is 2.15. The second kappa shape index (κ2) is 7.72. The van der Waals surface area contributed by atoms with Crippen molar-refractivity contribution in [1.82, 2.24) is 0 Å². The number of carbonyl (C=O) groups is 1. The highest BCUT2D eigenvalue weighted by molar-refractivity contribution is 7.86. The van der Waals surface area contributed by atoms with Crippen molar-refractivity contribution in [3.63, 3.8) is 0 Å². The molecule has 0 aliphatic heterocycles. The highest BCUT2D eigenvalue weighted by Gasteiger charge is 2.22. The van der Waals surface area contributed by atoms with Crippen LogP contribution in [0.25, 0.3) is 0 Å². The zero-order valence-electron chi connectivity index (χ0n) is 12.3. The Bertz CT molecular complexity index is 458. The summed E-state index contributed by atoms with van der Waals surface area (Å²) in [5, 5.41) is 0.243. The van der Waals surface area contributed by atoms with E-state index in [4.69, 9.17) is 0 Å². The second-order valence-electron chi connectivity index (χ2n) is 5.66. The molecule has 0 aromatic heterocycles. The maximum absolute atomic E-state index is 12.2. The molecule has 0 saturated heterocycles. The molecule has 2 nitrogen and oxygen atoms in total. The Balaban J connectivity index is 1.91. The number of hydrogen-bond acceptors (Lipinski definition) is 2. The molecule has 3 heteroatoms. The smallest absolute Gasteiger partial charge is 0.175 e. The molecule has 0 spiro atoms. The lowest BCUT2D eigenvalue weighted by Crippen LogP contribution is -2.24. The van der Waals surface area contributed by atoms with Crippen molar-refractivity contribution in [3.05, 3.63) is 35.4 Å². The van der Waals surface area contributed by atoms with Gasteiger partial charge in [-0.25, -0.2) is 0 Å². The molecule has 110 valence electrons. The van der Waals surface area contributed by atoms with Gasteiger partial charge in [-0.3, -0.25) is 9.00 Å². The maximum Gasteiger partial charge on any atom is 0.175 e. The minimum Gasteiger partial charge on any atom is -0.293 e. The van der Waals surface area contributed by atoms with E-state index < -0.39 is 10.8 Å². The summed E-state index contributed by atoms with van der Waals surface area (Å²) in [6.07, 6.45) is 7.78. The largest absolute Gasteiger partial charge is 0.293 e. The van der Waals surface area contributed by atoms with E-state index in [-0.39, 0.29) is 16.8 Å². The van der Waals surface area contributed by atoms with Crippen LogP contribution in [0.5, 0.6) is 0 Å². The fourth-order valence-corrected chi connectivity index (χ4v) is 4.32. The van der Waals surface area contributed by atoms with Gasteiger partial charge in [-0.1, -0.05) is 56.9 Å². The van der Waals surface area contributed by atoms with Crippen LogP contribution in [0.3, 0.4) is 0 Å². The molecule has 0 bridgehead atoms. The molecular weight excluding hydrogens is 268 g/mol. The minimum atomic E-state index is -0.995. The SMILES string of the molecule is CCCc1ccc(C(=O)CS(=O)C2CCCCC2)cc1. The number of Topliss-reactive ketones (excluding diaryl/α,β-unsaturated/α-hetero) is 1. The Morgan fingerprint density at radius 1 is 1.15 bits per heavy atom. The lowest BCUT2D eigenvalue weighted by molar-refractivity contribution is 0.102.